The van der Waals surface area contributed by atoms with Gasteiger partial charge in [-0.15, -0.1) is 0 Å². The van der Waals surface area contributed by atoms with Gasteiger partial charge in [0, 0.05) is 23.2 Å². The number of amides is 4. The number of urea groups is 1. The Morgan fingerprint density at radius 3 is 2.09 bits per heavy atom. The molecule has 3 aromatic rings. The number of hydrogen-bond donors (Lipinski definition) is 3. The summed E-state index contributed by atoms with van der Waals surface area (Å²) in [5.74, 6) is -0.904. The van der Waals surface area contributed by atoms with E-state index in [1.807, 2.05) is 30.3 Å². The number of halogens is 1. The minimum atomic E-state index is -0.615. The lowest BCUT2D eigenvalue weighted by atomic mass is 10.1. The molecule has 4 amide bonds. The second-order valence-electron chi connectivity index (χ2n) is 7.29. The van der Waals surface area contributed by atoms with Crippen molar-refractivity contribution >= 4 is 35.1 Å². The number of benzene rings is 3. The number of nitrogens with zero attached hydrogens (tertiary/aromatic N) is 1. The van der Waals surface area contributed by atoms with E-state index in [0.717, 1.165) is 10.5 Å². The zero-order chi connectivity index (χ0) is 23.8. The number of aliphatic hydroxyl groups excluding tert-OH is 1. The van der Waals surface area contributed by atoms with Gasteiger partial charge >= 0.3 is 6.03 Å². The molecule has 1 atom stereocenters. The van der Waals surface area contributed by atoms with Gasteiger partial charge in [0.05, 0.1) is 18.3 Å². The Kier molecular flexibility index (Phi) is 8.18. The molecule has 0 saturated heterocycles. The van der Waals surface area contributed by atoms with E-state index in [0.29, 0.717) is 22.7 Å². The summed E-state index contributed by atoms with van der Waals surface area (Å²) in [4.78, 5) is 39.0. The van der Waals surface area contributed by atoms with Crippen LogP contribution in [0.15, 0.2) is 78.9 Å². The summed E-state index contributed by atoms with van der Waals surface area (Å²) in [5, 5.41) is 15.4. The van der Waals surface area contributed by atoms with Gasteiger partial charge in [-0.3, -0.25) is 9.59 Å². The predicted molar refractivity (Wildman–Crippen MR) is 128 cm³/mol. The molecule has 0 fully saturated rings. The molecule has 0 spiro atoms. The maximum atomic E-state index is 12.9. The SMILES string of the molecule is CNC(=O)N(C(=O)c1ccc(Cl)cc1)c1ccc(C(=O)NC(CO)Cc2ccccc2)cc1. The monoisotopic (exact) mass is 465 g/mol. The zero-order valence-electron chi connectivity index (χ0n) is 18.0. The van der Waals surface area contributed by atoms with Crippen molar-refractivity contribution in [1.29, 1.82) is 0 Å². The second-order valence-corrected chi connectivity index (χ2v) is 7.73. The van der Waals surface area contributed by atoms with Crippen LogP contribution in [-0.2, 0) is 6.42 Å². The first-order chi connectivity index (χ1) is 15.9. The normalized spacial score (nSPS) is 11.4. The van der Waals surface area contributed by atoms with Gasteiger partial charge in [0.2, 0.25) is 0 Å². The quantitative estimate of drug-likeness (QED) is 0.496. The summed E-state index contributed by atoms with van der Waals surface area (Å²) < 4.78 is 0. The van der Waals surface area contributed by atoms with Crippen molar-refractivity contribution in [2.45, 2.75) is 12.5 Å². The minimum Gasteiger partial charge on any atom is -0.394 e. The van der Waals surface area contributed by atoms with Gasteiger partial charge in [-0.25, -0.2) is 9.69 Å². The first-order valence-corrected chi connectivity index (χ1v) is 10.7. The minimum absolute atomic E-state index is 0.210. The summed E-state index contributed by atoms with van der Waals surface area (Å²) in [5.41, 5.74) is 1.92. The molecule has 7 nitrogen and oxygen atoms in total. The summed E-state index contributed by atoms with van der Waals surface area (Å²) >= 11 is 5.88. The predicted octanol–water partition coefficient (Wildman–Crippen LogP) is 3.66. The van der Waals surface area contributed by atoms with Crippen molar-refractivity contribution in [2.24, 2.45) is 0 Å². The molecule has 0 aliphatic rings. The summed E-state index contributed by atoms with van der Waals surface area (Å²) in [6.45, 7) is -0.210. The molecule has 8 heteroatoms. The fraction of sp³-hybridized carbons (Fsp3) is 0.160. The first-order valence-electron chi connectivity index (χ1n) is 10.3. The number of nitrogens with one attached hydrogen (secondary N) is 2. The Morgan fingerprint density at radius 2 is 1.52 bits per heavy atom. The molecule has 0 saturated carbocycles. The van der Waals surface area contributed by atoms with Crippen molar-refractivity contribution in [3.63, 3.8) is 0 Å². The number of imide groups is 1. The van der Waals surface area contributed by atoms with E-state index in [1.165, 1.54) is 43.4 Å². The van der Waals surface area contributed by atoms with E-state index in [2.05, 4.69) is 10.6 Å². The highest BCUT2D eigenvalue weighted by Gasteiger charge is 2.24. The van der Waals surface area contributed by atoms with E-state index in [-0.39, 0.29) is 18.1 Å². The Hall–Kier alpha value is -3.68. The highest BCUT2D eigenvalue weighted by atomic mass is 35.5. The Morgan fingerprint density at radius 1 is 0.909 bits per heavy atom. The number of rotatable bonds is 7. The van der Waals surface area contributed by atoms with Crippen LogP contribution in [0.4, 0.5) is 10.5 Å². The van der Waals surface area contributed by atoms with E-state index in [1.54, 1.807) is 12.1 Å². The van der Waals surface area contributed by atoms with Crippen LogP contribution in [0.5, 0.6) is 0 Å². The standard InChI is InChI=1S/C25H24ClN3O4/c1-27-25(33)29(24(32)19-7-11-20(26)12-8-19)22-13-9-18(10-14-22)23(31)28-21(16-30)15-17-5-3-2-4-6-17/h2-14,21,30H,15-16H2,1H3,(H,27,33)(H,28,31). The molecule has 33 heavy (non-hydrogen) atoms. The van der Waals surface area contributed by atoms with Gasteiger partial charge in [-0.05, 0) is 60.5 Å². The molecule has 0 aliphatic heterocycles. The molecule has 0 radical (unpaired) electrons. The van der Waals surface area contributed by atoms with E-state index in [4.69, 9.17) is 11.6 Å². The van der Waals surface area contributed by atoms with Crippen molar-refractivity contribution in [3.8, 4) is 0 Å². The van der Waals surface area contributed by atoms with Gasteiger partial charge < -0.3 is 15.7 Å². The van der Waals surface area contributed by atoms with Gasteiger partial charge in [-0.2, -0.15) is 0 Å². The molecule has 0 bridgehead atoms. The molecular weight excluding hydrogens is 442 g/mol. The summed E-state index contributed by atoms with van der Waals surface area (Å²) in [6, 6.07) is 20.8. The lowest BCUT2D eigenvalue weighted by Crippen LogP contribution is -2.42. The van der Waals surface area contributed by atoms with Crippen LogP contribution in [0.25, 0.3) is 0 Å². The maximum Gasteiger partial charge on any atom is 0.328 e. The number of carbonyl (C=O) groups excluding carboxylic acids is 3. The topological polar surface area (TPSA) is 98.7 Å². The van der Waals surface area contributed by atoms with Gasteiger partial charge in [0.1, 0.15) is 0 Å². The number of aliphatic hydroxyl groups is 1. The molecule has 170 valence electrons. The third-order valence-electron chi connectivity index (χ3n) is 4.98. The van der Waals surface area contributed by atoms with Crippen LogP contribution in [0, 0.1) is 0 Å². The molecule has 0 heterocycles. The molecule has 0 aromatic heterocycles. The van der Waals surface area contributed by atoms with Crippen molar-refractivity contribution in [2.75, 3.05) is 18.6 Å². The number of carbonyl (C=O) groups is 3. The zero-order valence-corrected chi connectivity index (χ0v) is 18.8. The molecule has 0 aliphatic carbocycles. The molecule has 3 N–H and O–H groups in total. The van der Waals surface area contributed by atoms with Crippen LogP contribution in [-0.4, -0.2) is 42.6 Å². The second kappa shape index (κ2) is 11.3. The number of hydrogen-bond acceptors (Lipinski definition) is 4. The van der Waals surface area contributed by atoms with Crippen LogP contribution >= 0.6 is 11.6 Å². The van der Waals surface area contributed by atoms with Crippen LogP contribution < -0.4 is 15.5 Å². The highest BCUT2D eigenvalue weighted by Crippen LogP contribution is 2.20. The van der Waals surface area contributed by atoms with Gasteiger partial charge in [0.15, 0.2) is 0 Å². The van der Waals surface area contributed by atoms with Gasteiger partial charge in [-0.1, -0.05) is 41.9 Å². The van der Waals surface area contributed by atoms with Crippen LogP contribution in [0.2, 0.25) is 5.02 Å². The smallest absolute Gasteiger partial charge is 0.328 e. The maximum absolute atomic E-state index is 12.9. The molecule has 3 aromatic carbocycles. The fourth-order valence-corrected chi connectivity index (χ4v) is 3.38. The third kappa shape index (κ3) is 6.19. The summed E-state index contributed by atoms with van der Waals surface area (Å²) in [6.07, 6.45) is 0.487. The lowest BCUT2D eigenvalue weighted by Gasteiger charge is -2.21. The van der Waals surface area contributed by atoms with Crippen molar-refractivity contribution in [1.82, 2.24) is 10.6 Å². The van der Waals surface area contributed by atoms with E-state index < -0.39 is 18.0 Å². The third-order valence-corrected chi connectivity index (χ3v) is 5.23. The van der Waals surface area contributed by atoms with Gasteiger partial charge in [0.25, 0.3) is 11.8 Å². The number of anilines is 1. The van der Waals surface area contributed by atoms with E-state index in [9.17, 15) is 19.5 Å². The van der Waals surface area contributed by atoms with Crippen molar-refractivity contribution < 1.29 is 19.5 Å². The fourth-order valence-electron chi connectivity index (χ4n) is 3.25. The lowest BCUT2D eigenvalue weighted by molar-refractivity contribution is 0.0916. The Labute approximate surface area is 197 Å². The molecular formula is C25H24ClN3O4. The Balaban J connectivity index is 1.75. The molecule has 3 rings (SSSR count). The average molecular weight is 466 g/mol. The van der Waals surface area contributed by atoms with Crippen LogP contribution in [0.1, 0.15) is 26.3 Å². The van der Waals surface area contributed by atoms with Crippen molar-refractivity contribution in [3.05, 3.63) is 101 Å². The molecule has 1 unspecified atom stereocenters. The highest BCUT2D eigenvalue weighted by molar-refractivity contribution is 6.30. The summed E-state index contributed by atoms with van der Waals surface area (Å²) in [7, 11) is 1.42. The van der Waals surface area contributed by atoms with Crippen LogP contribution in [0.3, 0.4) is 0 Å². The largest absolute Gasteiger partial charge is 0.394 e. The first kappa shape index (κ1) is 24.0. The van der Waals surface area contributed by atoms with E-state index >= 15 is 0 Å². The average Bonchev–Trinajstić information content (AvgIpc) is 2.85. The Bertz CT molecular complexity index is 1100.